The maximum Gasteiger partial charge on any atom is 0.270 e. The normalized spacial score (nSPS) is 18.9. The number of anilines is 1. The van der Waals surface area contributed by atoms with Crippen LogP contribution in [0, 0.1) is 5.92 Å². The topological polar surface area (TPSA) is 74.3 Å². The zero-order valence-corrected chi connectivity index (χ0v) is 14.0. The minimum Gasteiger partial charge on any atom is -0.351 e. The minimum atomic E-state index is -0.183. The fraction of sp³-hybridized carbons (Fsp3) is 0.667. The van der Waals surface area contributed by atoms with Crippen LogP contribution in [0.5, 0.6) is 0 Å². The van der Waals surface area contributed by atoms with Gasteiger partial charge in [0.1, 0.15) is 5.69 Å². The maximum absolute atomic E-state index is 12.0. The van der Waals surface area contributed by atoms with Crippen molar-refractivity contribution in [2.24, 2.45) is 5.92 Å². The summed E-state index contributed by atoms with van der Waals surface area (Å²) >= 11 is 1.26. The van der Waals surface area contributed by atoms with Crippen LogP contribution in [0.4, 0.5) is 5.13 Å². The Kier molecular flexibility index (Phi) is 6.33. The van der Waals surface area contributed by atoms with Gasteiger partial charge in [-0.1, -0.05) is 6.92 Å². The molecule has 122 valence electrons. The Morgan fingerprint density at radius 2 is 2.32 bits per heavy atom. The molecule has 1 atom stereocenters. The largest absolute Gasteiger partial charge is 0.351 e. The smallest absolute Gasteiger partial charge is 0.270 e. The molecule has 1 unspecified atom stereocenters. The molecule has 1 fully saturated rings. The van der Waals surface area contributed by atoms with Crippen molar-refractivity contribution in [3.05, 3.63) is 11.1 Å². The molecule has 0 spiro atoms. The lowest BCUT2D eigenvalue weighted by molar-refractivity contribution is -0.114. The van der Waals surface area contributed by atoms with Crippen molar-refractivity contribution in [3.63, 3.8) is 0 Å². The van der Waals surface area contributed by atoms with E-state index < -0.39 is 0 Å². The van der Waals surface area contributed by atoms with Gasteiger partial charge in [-0.25, -0.2) is 4.98 Å². The van der Waals surface area contributed by atoms with E-state index in [0.29, 0.717) is 17.4 Å². The molecule has 1 aliphatic rings. The Bertz CT molecular complexity index is 517. The highest BCUT2D eigenvalue weighted by atomic mass is 32.1. The Morgan fingerprint density at radius 3 is 3.05 bits per heavy atom. The fourth-order valence-corrected chi connectivity index (χ4v) is 3.41. The van der Waals surface area contributed by atoms with Crippen molar-refractivity contribution in [1.29, 1.82) is 0 Å². The Labute approximate surface area is 135 Å². The highest BCUT2D eigenvalue weighted by molar-refractivity contribution is 7.14. The van der Waals surface area contributed by atoms with E-state index in [9.17, 15) is 9.59 Å². The van der Waals surface area contributed by atoms with Gasteiger partial charge in [0.15, 0.2) is 5.13 Å². The molecular formula is C15H24N4O2S. The van der Waals surface area contributed by atoms with Gasteiger partial charge >= 0.3 is 0 Å². The van der Waals surface area contributed by atoms with Crippen molar-refractivity contribution >= 4 is 28.3 Å². The van der Waals surface area contributed by atoms with E-state index in [1.807, 2.05) is 0 Å². The molecule has 0 radical (unpaired) electrons. The minimum absolute atomic E-state index is 0.181. The molecule has 2 rings (SSSR count). The van der Waals surface area contributed by atoms with E-state index in [0.717, 1.165) is 18.9 Å². The first-order valence-electron chi connectivity index (χ1n) is 7.78. The standard InChI is InChI=1S/C15H24N4O2S/c1-11-5-3-7-19(9-11)8-4-6-16-14(21)13-10-22-15(18-13)17-12(2)20/h10-11H,3-9H2,1-2H3,(H,16,21)(H,17,18,20). The average molecular weight is 324 g/mol. The lowest BCUT2D eigenvalue weighted by Gasteiger charge is -2.30. The van der Waals surface area contributed by atoms with Crippen LogP contribution in [0.15, 0.2) is 5.38 Å². The second kappa shape index (κ2) is 8.24. The van der Waals surface area contributed by atoms with Crippen molar-refractivity contribution in [2.75, 3.05) is 31.5 Å². The molecule has 1 aliphatic heterocycles. The van der Waals surface area contributed by atoms with Gasteiger partial charge in [-0.05, 0) is 38.3 Å². The number of carbonyl (C=O) groups is 2. The summed E-state index contributed by atoms with van der Waals surface area (Å²) in [6.45, 7) is 7.73. The number of hydrogen-bond donors (Lipinski definition) is 2. The number of aromatic nitrogens is 1. The first-order chi connectivity index (χ1) is 10.5. The lowest BCUT2D eigenvalue weighted by Crippen LogP contribution is -2.36. The van der Waals surface area contributed by atoms with Crippen LogP contribution in [-0.2, 0) is 4.79 Å². The predicted octanol–water partition coefficient (Wildman–Crippen LogP) is 1.95. The van der Waals surface area contributed by atoms with E-state index >= 15 is 0 Å². The molecule has 0 bridgehead atoms. The van der Waals surface area contributed by atoms with Crippen molar-refractivity contribution in [2.45, 2.75) is 33.1 Å². The van der Waals surface area contributed by atoms with Gasteiger partial charge in [-0.2, -0.15) is 0 Å². The first-order valence-corrected chi connectivity index (χ1v) is 8.66. The summed E-state index contributed by atoms with van der Waals surface area (Å²) in [5, 5.41) is 7.58. The van der Waals surface area contributed by atoms with Gasteiger partial charge in [0.2, 0.25) is 5.91 Å². The zero-order valence-electron chi connectivity index (χ0n) is 13.2. The van der Waals surface area contributed by atoms with Crippen molar-refractivity contribution in [3.8, 4) is 0 Å². The van der Waals surface area contributed by atoms with E-state index in [-0.39, 0.29) is 11.8 Å². The van der Waals surface area contributed by atoms with E-state index in [1.54, 1.807) is 5.38 Å². The van der Waals surface area contributed by atoms with Gasteiger partial charge in [0.25, 0.3) is 5.91 Å². The monoisotopic (exact) mass is 324 g/mol. The summed E-state index contributed by atoms with van der Waals surface area (Å²) in [7, 11) is 0. The van der Waals surface area contributed by atoms with Crippen molar-refractivity contribution < 1.29 is 9.59 Å². The van der Waals surface area contributed by atoms with Gasteiger partial charge < -0.3 is 15.5 Å². The molecule has 2 N–H and O–H groups in total. The number of thiazole rings is 1. The van der Waals surface area contributed by atoms with Gasteiger partial charge in [0, 0.05) is 25.4 Å². The van der Waals surface area contributed by atoms with Gasteiger partial charge in [-0.15, -0.1) is 11.3 Å². The highest BCUT2D eigenvalue weighted by Crippen LogP contribution is 2.16. The number of amides is 2. The number of nitrogens with zero attached hydrogens (tertiary/aromatic N) is 2. The van der Waals surface area contributed by atoms with E-state index in [4.69, 9.17) is 0 Å². The molecule has 0 aliphatic carbocycles. The maximum atomic E-state index is 12.0. The molecule has 2 amide bonds. The van der Waals surface area contributed by atoms with Crippen LogP contribution in [0.1, 0.15) is 43.6 Å². The Hall–Kier alpha value is -1.47. The molecular weight excluding hydrogens is 300 g/mol. The third-order valence-electron chi connectivity index (χ3n) is 3.70. The molecule has 0 saturated carbocycles. The summed E-state index contributed by atoms with van der Waals surface area (Å²) in [5.74, 6) is 0.419. The fourth-order valence-electron chi connectivity index (χ4n) is 2.67. The highest BCUT2D eigenvalue weighted by Gasteiger charge is 2.16. The van der Waals surface area contributed by atoms with Crippen molar-refractivity contribution in [1.82, 2.24) is 15.2 Å². The molecule has 1 aromatic rings. The second-order valence-electron chi connectivity index (χ2n) is 5.88. The summed E-state index contributed by atoms with van der Waals surface area (Å²) in [5.41, 5.74) is 0.361. The average Bonchev–Trinajstić information content (AvgIpc) is 2.91. The molecule has 1 aromatic heterocycles. The molecule has 0 aromatic carbocycles. The lowest BCUT2D eigenvalue weighted by atomic mass is 10.0. The number of piperidine rings is 1. The number of likely N-dealkylation sites (tertiary alicyclic amines) is 1. The summed E-state index contributed by atoms with van der Waals surface area (Å²) < 4.78 is 0. The predicted molar refractivity (Wildman–Crippen MR) is 88.2 cm³/mol. The zero-order chi connectivity index (χ0) is 15.9. The number of rotatable bonds is 6. The molecule has 6 nitrogen and oxygen atoms in total. The number of carbonyl (C=O) groups excluding carboxylic acids is 2. The second-order valence-corrected chi connectivity index (χ2v) is 6.73. The van der Waals surface area contributed by atoms with Gasteiger partial charge in [0.05, 0.1) is 0 Å². The van der Waals surface area contributed by atoms with E-state index in [2.05, 4.69) is 27.4 Å². The van der Waals surface area contributed by atoms with Crippen LogP contribution < -0.4 is 10.6 Å². The summed E-state index contributed by atoms with van der Waals surface area (Å²) in [6.07, 6.45) is 3.55. The number of hydrogen-bond acceptors (Lipinski definition) is 5. The summed E-state index contributed by atoms with van der Waals surface area (Å²) in [6, 6.07) is 0. The molecule has 1 saturated heterocycles. The Balaban J connectivity index is 1.67. The SMILES string of the molecule is CC(=O)Nc1nc(C(=O)NCCCN2CCCC(C)C2)cs1. The molecule has 2 heterocycles. The van der Waals surface area contributed by atoms with Gasteiger partial charge in [-0.3, -0.25) is 9.59 Å². The molecule has 7 heteroatoms. The van der Waals surface area contributed by atoms with Crippen LogP contribution >= 0.6 is 11.3 Å². The van der Waals surface area contributed by atoms with E-state index in [1.165, 1.54) is 44.2 Å². The third kappa shape index (κ3) is 5.38. The van der Waals surface area contributed by atoms with Crippen LogP contribution in [0.2, 0.25) is 0 Å². The third-order valence-corrected chi connectivity index (χ3v) is 4.46. The quantitative estimate of drug-likeness (QED) is 0.785. The summed E-state index contributed by atoms with van der Waals surface area (Å²) in [4.78, 5) is 29.4. The molecule has 22 heavy (non-hydrogen) atoms. The van der Waals surface area contributed by atoms with Crippen LogP contribution in [0.25, 0.3) is 0 Å². The first kappa shape index (κ1) is 16.9. The van der Waals surface area contributed by atoms with Crippen LogP contribution in [-0.4, -0.2) is 47.9 Å². The Morgan fingerprint density at radius 1 is 1.50 bits per heavy atom. The van der Waals surface area contributed by atoms with Crippen LogP contribution in [0.3, 0.4) is 0 Å². The number of nitrogens with one attached hydrogen (secondary N) is 2.